The SMILES string of the molecule is CCC(C)N(C(=O)CSc1nnc(CCC(N)=O)n1Cc1ccco1)C1CCS(=O)(=O)C1. The van der Waals surface area contributed by atoms with Crippen molar-refractivity contribution < 1.29 is 22.4 Å². The third kappa shape index (κ3) is 6.12. The predicted molar refractivity (Wildman–Crippen MR) is 120 cm³/mol. The standard InChI is InChI=1S/C20H29N5O5S2/c1-3-14(2)25(15-8-10-32(28,29)13-15)19(27)12-31-20-23-22-18(7-6-17(21)26)24(20)11-16-5-4-9-30-16/h4-5,9,14-15H,3,6-8,10-13H2,1-2H3,(H2,21,26). The zero-order valence-electron chi connectivity index (χ0n) is 18.3. The lowest BCUT2D eigenvalue weighted by molar-refractivity contribution is -0.132. The van der Waals surface area contributed by atoms with Crippen molar-refractivity contribution in [1.29, 1.82) is 0 Å². The summed E-state index contributed by atoms with van der Waals surface area (Å²) in [5, 5.41) is 8.91. The van der Waals surface area contributed by atoms with E-state index in [9.17, 15) is 18.0 Å². The van der Waals surface area contributed by atoms with Gasteiger partial charge in [0.1, 0.15) is 11.6 Å². The Morgan fingerprint density at radius 1 is 1.41 bits per heavy atom. The van der Waals surface area contributed by atoms with Gasteiger partial charge in [-0.05, 0) is 31.9 Å². The summed E-state index contributed by atoms with van der Waals surface area (Å²) < 4.78 is 31.2. The molecule has 0 radical (unpaired) electrons. The Labute approximate surface area is 191 Å². The zero-order valence-corrected chi connectivity index (χ0v) is 19.9. The number of rotatable bonds is 11. The van der Waals surface area contributed by atoms with Crippen LogP contribution in [-0.4, -0.2) is 69.2 Å². The highest BCUT2D eigenvalue weighted by Gasteiger charge is 2.36. The minimum absolute atomic E-state index is 0.0136. The van der Waals surface area contributed by atoms with Gasteiger partial charge in [0.15, 0.2) is 15.0 Å². The van der Waals surface area contributed by atoms with E-state index in [1.54, 1.807) is 17.2 Å². The number of nitrogens with two attached hydrogens (primary N) is 1. The van der Waals surface area contributed by atoms with Crippen LogP contribution in [-0.2, 0) is 32.4 Å². The van der Waals surface area contributed by atoms with Crippen LogP contribution in [0.15, 0.2) is 28.0 Å². The lowest BCUT2D eigenvalue weighted by Gasteiger charge is -2.33. The minimum atomic E-state index is -3.10. The molecule has 2 unspecified atom stereocenters. The van der Waals surface area contributed by atoms with Crippen LogP contribution in [0, 0.1) is 0 Å². The molecule has 3 rings (SSSR count). The summed E-state index contributed by atoms with van der Waals surface area (Å²) in [7, 11) is -3.10. The fourth-order valence-corrected chi connectivity index (χ4v) is 6.30. The molecule has 0 spiro atoms. The van der Waals surface area contributed by atoms with Crippen LogP contribution in [0.3, 0.4) is 0 Å². The first-order chi connectivity index (χ1) is 15.2. The van der Waals surface area contributed by atoms with E-state index in [0.29, 0.717) is 36.1 Å². The molecule has 2 atom stereocenters. The molecule has 0 aliphatic carbocycles. The Morgan fingerprint density at radius 2 is 2.19 bits per heavy atom. The average Bonchev–Trinajstić information content (AvgIpc) is 3.46. The largest absolute Gasteiger partial charge is 0.467 e. The third-order valence-corrected chi connectivity index (χ3v) is 8.26. The van der Waals surface area contributed by atoms with E-state index in [2.05, 4.69) is 10.2 Å². The lowest BCUT2D eigenvalue weighted by atomic mass is 10.1. The maximum atomic E-state index is 13.1. The summed E-state index contributed by atoms with van der Waals surface area (Å²) >= 11 is 1.24. The van der Waals surface area contributed by atoms with Crippen molar-refractivity contribution in [2.45, 2.75) is 63.3 Å². The number of amides is 2. The van der Waals surface area contributed by atoms with Crippen molar-refractivity contribution in [2.24, 2.45) is 5.73 Å². The molecule has 12 heteroatoms. The second kappa shape index (κ2) is 10.5. The lowest BCUT2D eigenvalue weighted by Crippen LogP contribution is -2.47. The number of nitrogens with zero attached hydrogens (tertiary/aromatic N) is 4. The summed E-state index contributed by atoms with van der Waals surface area (Å²) in [6.45, 7) is 4.28. The number of sulfone groups is 1. The van der Waals surface area contributed by atoms with Gasteiger partial charge in [-0.25, -0.2) is 8.42 Å². The molecule has 0 bridgehead atoms. The third-order valence-electron chi connectivity index (χ3n) is 5.56. The molecule has 0 aromatic carbocycles. The number of aryl methyl sites for hydroxylation is 1. The number of primary amides is 1. The Bertz CT molecular complexity index is 1030. The molecular formula is C20H29N5O5S2. The highest BCUT2D eigenvalue weighted by atomic mass is 32.2. The molecule has 1 fully saturated rings. The summed E-state index contributed by atoms with van der Waals surface area (Å²) in [6, 6.07) is 3.24. The molecule has 176 valence electrons. The number of furan rings is 1. The van der Waals surface area contributed by atoms with Crippen molar-refractivity contribution in [1.82, 2.24) is 19.7 Å². The van der Waals surface area contributed by atoms with Gasteiger partial charge in [0, 0.05) is 24.9 Å². The van der Waals surface area contributed by atoms with E-state index in [-0.39, 0.29) is 41.7 Å². The summed E-state index contributed by atoms with van der Waals surface area (Å²) in [4.78, 5) is 26.1. The van der Waals surface area contributed by atoms with Gasteiger partial charge in [0.05, 0.1) is 30.1 Å². The van der Waals surface area contributed by atoms with E-state index >= 15 is 0 Å². The van der Waals surface area contributed by atoms with Crippen molar-refractivity contribution in [3.8, 4) is 0 Å². The normalized spacial score (nSPS) is 18.5. The second-order valence-corrected chi connectivity index (χ2v) is 11.1. The molecule has 2 amide bonds. The van der Waals surface area contributed by atoms with Crippen LogP contribution < -0.4 is 5.73 Å². The van der Waals surface area contributed by atoms with Gasteiger partial charge >= 0.3 is 0 Å². The second-order valence-electron chi connectivity index (χ2n) is 7.93. The van der Waals surface area contributed by atoms with Gasteiger partial charge in [-0.3, -0.25) is 14.2 Å². The van der Waals surface area contributed by atoms with Gasteiger partial charge in [0.2, 0.25) is 11.8 Å². The molecular weight excluding hydrogens is 454 g/mol. The number of hydrogen-bond acceptors (Lipinski definition) is 8. The van der Waals surface area contributed by atoms with Crippen LogP contribution in [0.2, 0.25) is 0 Å². The van der Waals surface area contributed by atoms with E-state index in [0.717, 1.165) is 6.42 Å². The fraction of sp³-hybridized carbons (Fsp3) is 0.600. The minimum Gasteiger partial charge on any atom is -0.467 e. The molecule has 0 saturated carbocycles. The van der Waals surface area contributed by atoms with E-state index < -0.39 is 15.7 Å². The van der Waals surface area contributed by atoms with Gasteiger partial charge in [-0.2, -0.15) is 0 Å². The summed E-state index contributed by atoms with van der Waals surface area (Å²) in [6.07, 6.45) is 3.24. The molecule has 3 heterocycles. The fourth-order valence-electron chi connectivity index (χ4n) is 3.76. The van der Waals surface area contributed by atoms with Crippen molar-refractivity contribution >= 4 is 33.4 Å². The monoisotopic (exact) mass is 483 g/mol. The molecule has 2 aromatic heterocycles. The Balaban J connectivity index is 1.75. The number of carbonyl (C=O) groups excluding carboxylic acids is 2. The van der Waals surface area contributed by atoms with E-state index in [1.807, 2.05) is 24.5 Å². The van der Waals surface area contributed by atoms with Crippen molar-refractivity contribution in [3.05, 3.63) is 30.0 Å². The van der Waals surface area contributed by atoms with Crippen LogP contribution >= 0.6 is 11.8 Å². The highest BCUT2D eigenvalue weighted by Crippen LogP contribution is 2.25. The topological polar surface area (TPSA) is 141 Å². The van der Waals surface area contributed by atoms with E-state index in [1.165, 1.54) is 11.8 Å². The molecule has 2 N–H and O–H groups in total. The number of aromatic nitrogens is 3. The molecule has 1 aliphatic heterocycles. The van der Waals surface area contributed by atoms with Crippen molar-refractivity contribution in [2.75, 3.05) is 17.3 Å². The average molecular weight is 484 g/mol. The number of carbonyl (C=O) groups is 2. The molecule has 32 heavy (non-hydrogen) atoms. The maximum absolute atomic E-state index is 13.1. The highest BCUT2D eigenvalue weighted by molar-refractivity contribution is 7.99. The van der Waals surface area contributed by atoms with Gasteiger partial charge < -0.3 is 15.1 Å². The predicted octanol–water partition coefficient (Wildman–Crippen LogP) is 1.24. The first kappa shape index (κ1) is 24.3. The van der Waals surface area contributed by atoms with Crippen molar-refractivity contribution in [3.63, 3.8) is 0 Å². The summed E-state index contributed by atoms with van der Waals surface area (Å²) in [5.74, 6) is 0.945. The van der Waals surface area contributed by atoms with Crippen LogP contribution in [0.1, 0.15) is 44.7 Å². The first-order valence-electron chi connectivity index (χ1n) is 10.6. The number of hydrogen-bond donors (Lipinski definition) is 1. The smallest absolute Gasteiger partial charge is 0.233 e. The molecule has 2 aromatic rings. The zero-order chi connectivity index (χ0) is 23.3. The molecule has 10 nitrogen and oxygen atoms in total. The molecule has 1 aliphatic rings. The number of thioether (sulfide) groups is 1. The van der Waals surface area contributed by atoms with Gasteiger partial charge in [0.25, 0.3) is 0 Å². The Morgan fingerprint density at radius 3 is 2.78 bits per heavy atom. The van der Waals surface area contributed by atoms with Crippen LogP contribution in [0.4, 0.5) is 0 Å². The van der Waals surface area contributed by atoms with Crippen LogP contribution in [0.5, 0.6) is 0 Å². The summed E-state index contributed by atoms with van der Waals surface area (Å²) in [5.41, 5.74) is 5.27. The van der Waals surface area contributed by atoms with Gasteiger partial charge in [-0.1, -0.05) is 18.7 Å². The maximum Gasteiger partial charge on any atom is 0.233 e. The quantitative estimate of drug-likeness (QED) is 0.471. The van der Waals surface area contributed by atoms with Crippen LogP contribution in [0.25, 0.3) is 0 Å². The Kier molecular flexibility index (Phi) is 7.99. The Hall–Kier alpha value is -2.34. The van der Waals surface area contributed by atoms with E-state index in [4.69, 9.17) is 10.2 Å². The molecule has 1 saturated heterocycles. The first-order valence-corrected chi connectivity index (χ1v) is 13.4. The van der Waals surface area contributed by atoms with Gasteiger partial charge in [-0.15, -0.1) is 10.2 Å².